The Morgan fingerprint density at radius 1 is 1.00 bits per heavy atom. The Morgan fingerprint density at radius 3 is 2.37 bits per heavy atom. The first-order chi connectivity index (χ1) is 16.9. The Kier molecular flexibility index (Phi) is 5.33. The quantitative estimate of drug-likeness (QED) is 0.363. The van der Waals surface area contributed by atoms with Crippen molar-refractivity contribution < 1.29 is 19.5 Å². The fourth-order valence-corrected chi connectivity index (χ4v) is 7.33. The zero-order valence-corrected chi connectivity index (χ0v) is 19.9. The predicted molar refractivity (Wildman–Crippen MR) is 132 cm³/mol. The van der Waals surface area contributed by atoms with E-state index < -0.39 is 5.91 Å². The van der Waals surface area contributed by atoms with Crippen LogP contribution in [0.15, 0.2) is 48.7 Å². The van der Waals surface area contributed by atoms with Crippen LogP contribution in [0.2, 0.25) is 0 Å². The Hall–Kier alpha value is -3.32. The molecule has 0 radical (unpaired) electrons. The number of carbonyl (C=O) groups excluding carboxylic acids is 2. The molecule has 35 heavy (non-hydrogen) atoms. The van der Waals surface area contributed by atoms with Crippen LogP contribution in [0, 0.1) is 17.8 Å². The van der Waals surface area contributed by atoms with Crippen molar-refractivity contribution in [1.82, 2.24) is 15.4 Å². The minimum atomic E-state index is -0.612. The van der Waals surface area contributed by atoms with E-state index >= 15 is 0 Å². The van der Waals surface area contributed by atoms with Gasteiger partial charge in [0.25, 0.3) is 11.8 Å². The molecule has 3 aromatic rings. The third kappa shape index (κ3) is 3.97. The highest BCUT2D eigenvalue weighted by molar-refractivity contribution is 5.98. The lowest BCUT2D eigenvalue weighted by Crippen LogP contribution is -2.59. The number of benzene rings is 2. The second-order valence-corrected chi connectivity index (χ2v) is 10.8. The summed E-state index contributed by atoms with van der Waals surface area (Å²) in [7, 11) is 1.49. The maximum Gasteiger partial charge on any atom is 0.278 e. The van der Waals surface area contributed by atoms with Crippen LogP contribution in [0.4, 0.5) is 0 Å². The minimum Gasteiger partial charge on any atom is -0.496 e. The van der Waals surface area contributed by atoms with E-state index in [0.29, 0.717) is 17.9 Å². The van der Waals surface area contributed by atoms with Crippen LogP contribution in [0.5, 0.6) is 5.75 Å². The van der Waals surface area contributed by atoms with E-state index in [0.717, 1.165) is 53.5 Å². The van der Waals surface area contributed by atoms with Gasteiger partial charge in [-0.3, -0.25) is 14.8 Å². The van der Waals surface area contributed by atoms with E-state index in [2.05, 4.69) is 9.88 Å². The first-order valence-corrected chi connectivity index (χ1v) is 12.5. The van der Waals surface area contributed by atoms with Gasteiger partial charge in [-0.15, -0.1) is 0 Å². The van der Waals surface area contributed by atoms with Gasteiger partial charge in [0.05, 0.1) is 12.7 Å². The largest absolute Gasteiger partial charge is 0.496 e. The number of carbonyl (C=O) groups is 2. The number of aromatic nitrogens is 1. The molecule has 0 saturated heterocycles. The highest BCUT2D eigenvalue weighted by atomic mass is 16.5. The van der Waals surface area contributed by atoms with Crippen LogP contribution >= 0.6 is 0 Å². The summed E-state index contributed by atoms with van der Waals surface area (Å²) in [6.07, 6.45) is 9.52. The van der Waals surface area contributed by atoms with Crippen molar-refractivity contribution in [2.24, 2.45) is 17.8 Å². The summed E-state index contributed by atoms with van der Waals surface area (Å²) in [5, 5.41) is 13.4. The van der Waals surface area contributed by atoms with Crippen LogP contribution in [-0.4, -0.2) is 34.2 Å². The molecule has 7 rings (SSSR count). The topological polar surface area (TPSA) is 92.6 Å². The van der Waals surface area contributed by atoms with Crippen molar-refractivity contribution in [1.29, 1.82) is 0 Å². The number of hydrogen-bond acceptors (Lipinski definition) is 4. The molecule has 0 spiro atoms. The summed E-state index contributed by atoms with van der Waals surface area (Å²) in [6, 6.07) is 13.2. The van der Waals surface area contributed by atoms with Gasteiger partial charge in [0.2, 0.25) is 0 Å². The first kappa shape index (κ1) is 22.2. The number of fused-ring (bicyclic) bond motifs is 1. The Labute approximate surface area is 204 Å². The van der Waals surface area contributed by atoms with Gasteiger partial charge in [-0.2, -0.15) is 0 Å². The van der Waals surface area contributed by atoms with Crippen LogP contribution in [-0.2, 0) is 6.54 Å². The number of methoxy groups -OCH3 is 1. The van der Waals surface area contributed by atoms with Gasteiger partial charge < -0.3 is 14.6 Å². The molecule has 1 heterocycles. The number of hydrogen-bond donors (Lipinski definition) is 3. The first-order valence-electron chi connectivity index (χ1n) is 12.5. The monoisotopic (exact) mass is 473 g/mol. The molecule has 0 atom stereocenters. The molecule has 1 aromatic heterocycles. The fraction of sp³-hybridized carbons (Fsp3) is 0.429. The molecule has 4 aliphatic carbocycles. The fourth-order valence-electron chi connectivity index (χ4n) is 7.33. The summed E-state index contributed by atoms with van der Waals surface area (Å²) in [4.78, 5) is 25.1. The molecule has 7 nitrogen and oxygen atoms in total. The molecule has 2 aromatic carbocycles. The van der Waals surface area contributed by atoms with Crippen molar-refractivity contribution in [2.75, 3.05) is 7.11 Å². The van der Waals surface area contributed by atoms with Crippen molar-refractivity contribution in [3.8, 4) is 5.75 Å². The van der Waals surface area contributed by atoms with E-state index in [9.17, 15) is 9.59 Å². The molecule has 4 aliphatic rings. The second-order valence-electron chi connectivity index (χ2n) is 10.8. The minimum absolute atomic E-state index is 0.00483. The van der Waals surface area contributed by atoms with Crippen molar-refractivity contribution in [3.63, 3.8) is 0 Å². The lowest BCUT2D eigenvalue weighted by atomic mass is 9.53. The molecular formula is C28H31N3O4. The van der Waals surface area contributed by atoms with E-state index in [1.807, 2.05) is 36.5 Å². The summed E-state index contributed by atoms with van der Waals surface area (Å²) >= 11 is 0. The SMILES string of the molecule is COc1cc(Cn2ccc3cc(C(=O)NC45CC6CC(CC(C6)C4)C5)ccc32)ccc1C(=O)NO. The van der Waals surface area contributed by atoms with Crippen LogP contribution in [0.1, 0.15) is 64.8 Å². The van der Waals surface area contributed by atoms with Gasteiger partial charge >= 0.3 is 0 Å². The zero-order valence-electron chi connectivity index (χ0n) is 19.9. The molecule has 7 heteroatoms. The Bertz CT molecular complexity index is 1280. The number of amides is 2. The number of nitrogens with one attached hydrogen (secondary N) is 2. The highest BCUT2D eigenvalue weighted by Crippen LogP contribution is 2.55. The van der Waals surface area contributed by atoms with Gasteiger partial charge in [-0.25, -0.2) is 5.48 Å². The lowest BCUT2D eigenvalue weighted by Gasteiger charge is -2.56. The molecule has 2 amide bonds. The Morgan fingerprint density at radius 2 is 1.71 bits per heavy atom. The highest BCUT2D eigenvalue weighted by Gasteiger charge is 2.51. The van der Waals surface area contributed by atoms with Crippen molar-refractivity contribution in [2.45, 2.75) is 50.6 Å². The van der Waals surface area contributed by atoms with Crippen molar-refractivity contribution >= 4 is 22.7 Å². The summed E-state index contributed by atoms with van der Waals surface area (Å²) in [6.45, 7) is 0.583. The molecule has 4 saturated carbocycles. The number of hydroxylamine groups is 1. The third-order valence-corrected chi connectivity index (χ3v) is 8.42. The van der Waals surface area contributed by atoms with E-state index in [4.69, 9.17) is 9.94 Å². The second kappa shape index (κ2) is 8.41. The lowest BCUT2D eigenvalue weighted by molar-refractivity contribution is -0.0167. The number of nitrogens with zero attached hydrogens (tertiary/aromatic N) is 1. The summed E-state index contributed by atoms with van der Waals surface area (Å²) in [5.74, 6) is 2.22. The maximum atomic E-state index is 13.3. The van der Waals surface area contributed by atoms with Crippen molar-refractivity contribution in [3.05, 3.63) is 65.4 Å². The van der Waals surface area contributed by atoms with E-state index in [-0.39, 0.29) is 17.0 Å². The zero-order chi connectivity index (χ0) is 24.2. The Balaban J connectivity index is 1.20. The molecule has 3 N–H and O–H groups in total. The van der Waals surface area contributed by atoms with Crippen LogP contribution in [0.25, 0.3) is 10.9 Å². The molecule has 182 valence electrons. The number of ether oxygens (including phenoxy) is 1. The van der Waals surface area contributed by atoms with Gasteiger partial charge in [0.15, 0.2) is 0 Å². The third-order valence-electron chi connectivity index (χ3n) is 8.42. The summed E-state index contributed by atoms with van der Waals surface area (Å²) < 4.78 is 7.44. The average molecular weight is 474 g/mol. The van der Waals surface area contributed by atoms with Gasteiger partial charge in [-0.1, -0.05) is 6.07 Å². The molecule has 4 fully saturated rings. The summed E-state index contributed by atoms with van der Waals surface area (Å²) in [5.41, 5.74) is 4.62. The van der Waals surface area contributed by atoms with Gasteiger partial charge in [-0.05, 0) is 98.2 Å². The molecular weight excluding hydrogens is 442 g/mol. The van der Waals surface area contributed by atoms with E-state index in [1.165, 1.54) is 26.4 Å². The standard InChI is InChI=1S/C28H31N3O4/c1-35-25-11-17(2-4-23(25)27(33)30-34)16-31-7-6-21-12-22(3-5-24(21)31)26(32)29-28-13-18-8-19(14-28)10-20(9-18)15-28/h2-7,11-12,18-20,34H,8-10,13-16H2,1H3,(H,29,32)(H,30,33). The van der Waals surface area contributed by atoms with Crippen LogP contribution in [0.3, 0.4) is 0 Å². The average Bonchev–Trinajstić information content (AvgIpc) is 3.24. The predicted octanol–water partition coefficient (Wildman–Crippen LogP) is 4.52. The normalized spacial score (nSPS) is 26.6. The smallest absolute Gasteiger partial charge is 0.278 e. The molecule has 4 bridgehead atoms. The van der Waals surface area contributed by atoms with Crippen LogP contribution < -0.4 is 15.5 Å². The maximum absolute atomic E-state index is 13.3. The molecule has 0 unspecified atom stereocenters. The van der Waals surface area contributed by atoms with Gasteiger partial charge in [0.1, 0.15) is 5.75 Å². The van der Waals surface area contributed by atoms with Gasteiger partial charge in [0, 0.05) is 34.7 Å². The van der Waals surface area contributed by atoms with E-state index in [1.54, 1.807) is 17.6 Å². The number of rotatable bonds is 6. The molecule has 0 aliphatic heterocycles.